The van der Waals surface area contributed by atoms with E-state index in [1.165, 1.54) is 11.3 Å². The van der Waals surface area contributed by atoms with Crippen molar-refractivity contribution in [1.82, 2.24) is 4.90 Å². The van der Waals surface area contributed by atoms with Gasteiger partial charge in [-0.15, -0.1) is 0 Å². The number of hydrogen-bond donors (Lipinski definition) is 2. The molecule has 1 aromatic carbocycles. The number of amides is 2. The monoisotopic (exact) mass is 392 g/mol. The van der Waals surface area contributed by atoms with Gasteiger partial charge in [-0.25, -0.2) is 0 Å². The molecule has 0 aromatic heterocycles. The van der Waals surface area contributed by atoms with Crippen LogP contribution in [-0.2, 0) is 0 Å². The predicted molar refractivity (Wildman–Crippen MR) is 116 cm³/mol. The molecule has 160 valence electrons. The van der Waals surface area contributed by atoms with Gasteiger partial charge in [-0.3, -0.25) is 14.5 Å². The molecule has 2 rings (SSSR count). The lowest BCUT2D eigenvalue weighted by molar-refractivity contribution is 0.0631. The summed E-state index contributed by atoms with van der Waals surface area (Å²) in [5, 5.41) is 8.33. The number of nitrogens with two attached hydrogens (primary N) is 1. The number of carbonyl (C=O) groups is 2. The van der Waals surface area contributed by atoms with E-state index in [-0.39, 0.29) is 11.8 Å². The molecule has 28 heavy (non-hydrogen) atoms. The number of aliphatic hydroxyl groups is 1. The number of carbonyl (C=O) groups excluding carboxylic acids is 2. The van der Waals surface area contributed by atoms with Crippen molar-refractivity contribution in [2.45, 2.75) is 60.8 Å². The van der Waals surface area contributed by atoms with E-state index >= 15 is 0 Å². The molecule has 1 heterocycles. The summed E-state index contributed by atoms with van der Waals surface area (Å²) >= 11 is 0. The van der Waals surface area contributed by atoms with Gasteiger partial charge < -0.3 is 10.8 Å². The number of nitrogens with zero attached hydrogens (tertiary/aromatic N) is 1. The van der Waals surface area contributed by atoms with Crippen molar-refractivity contribution in [1.29, 1.82) is 0 Å². The Balaban J connectivity index is 0.000000505. The Labute approximate surface area is 171 Å². The Kier molecular flexibility index (Phi) is 13.4. The molecule has 3 N–H and O–H groups in total. The van der Waals surface area contributed by atoms with E-state index in [2.05, 4.69) is 27.7 Å². The van der Waals surface area contributed by atoms with Crippen LogP contribution in [0.15, 0.2) is 24.3 Å². The van der Waals surface area contributed by atoms with E-state index in [1.54, 1.807) is 24.3 Å². The lowest BCUT2D eigenvalue weighted by Crippen LogP contribution is -2.33. The summed E-state index contributed by atoms with van der Waals surface area (Å²) < 4.78 is 0. The maximum absolute atomic E-state index is 12.0. The maximum atomic E-state index is 12.0. The largest absolute Gasteiger partial charge is 0.396 e. The Morgan fingerprint density at radius 3 is 1.54 bits per heavy atom. The van der Waals surface area contributed by atoms with Gasteiger partial charge in [-0.2, -0.15) is 0 Å². The Hall–Kier alpha value is -1.72. The van der Waals surface area contributed by atoms with Crippen LogP contribution >= 0.6 is 0 Å². The number of rotatable bonds is 7. The molecule has 0 aliphatic carbocycles. The van der Waals surface area contributed by atoms with E-state index in [1.807, 2.05) is 13.8 Å². The smallest absolute Gasteiger partial charge is 0.261 e. The zero-order chi connectivity index (χ0) is 21.7. The first-order valence-electron chi connectivity index (χ1n) is 10.5. The fraction of sp³-hybridized carbons (Fsp3) is 0.652. The summed E-state index contributed by atoms with van der Waals surface area (Å²) in [6.45, 7) is 14.2. The Morgan fingerprint density at radius 1 is 0.857 bits per heavy atom. The molecule has 0 bridgehead atoms. The van der Waals surface area contributed by atoms with Crippen LogP contribution in [-0.4, -0.2) is 41.5 Å². The summed E-state index contributed by atoms with van der Waals surface area (Å²) in [5.74, 6) is 1.25. The highest BCUT2D eigenvalue weighted by Crippen LogP contribution is 2.23. The zero-order valence-electron chi connectivity index (χ0n) is 18.6. The second-order valence-electron chi connectivity index (χ2n) is 7.73. The van der Waals surface area contributed by atoms with E-state index in [0.717, 1.165) is 19.4 Å². The summed E-state index contributed by atoms with van der Waals surface area (Å²) in [6.07, 6.45) is 3.25. The normalized spacial score (nSPS) is 15.6. The quantitative estimate of drug-likeness (QED) is 0.676. The Morgan fingerprint density at radius 2 is 1.29 bits per heavy atom. The number of hydrogen-bond acceptors (Lipinski definition) is 4. The third-order valence-corrected chi connectivity index (χ3v) is 5.18. The second-order valence-corrected chi connectivity index (χ2v) is 7.73. The highest BCUT2D eigenvalue weighted by atomic mass is 16.3. The van der Waals surface area contributed by atoms with Crippen molar-refractivity contribution in [3.8, 4) is 0 Å². The van der Waals surface area contributed by atoms with E-state index < -0.39 is 0 Å². The first kappa shape index (κ1) is 26.3. The number of aliphatic hydroxyl groups excluding tert-OH is 1. The van der Waals surface area contributed by atoms with Crippen molar-refractivity contribution < 1.29 is 14.7 Å². The Bertz CT molecular complexity index is 536. The highest BCUT2D eigenvalue weighted by Gasteiger charge is 2.35. The molecule has 0 unspecified atom stereocenters. The van der Waals surface area contributed by atoms with E-state index in [4.69, 9.17) is 10.8 Å². The molecule has 3 atom stereocenters. The third kappa shape index (κ3) is 8.53. The molecule has 0 spiro atoms. The summed E-state index contributed by atoms with van der Waals surface area (Å²) in [7, 11) is 0. The van der Waals surface area contributed by atoms with Gasteiger partial charge in [0.25, 0.3) is 11.8 Å². The third-order valence-electron chi connectivity index (χ3n) is 5.18. The molecule has 0 radical (unpaired) electrons. The van der Waals surface area contributed by atoms with Crippen molar-refractivity contribution in [2.24, 2.45) is 23.5 Å². The standard InChI is InChI=1S/C13H15NO2.C5H13N.C5H12O/c1-3-9(2)8-14-12(15)10-6-4-5-7-11(10)13(14)16;2*1-3-5(2)4-6/h4-7,9H,3,8H2,1-2H3;5H,3-4,6H2,1-2H3;5-6H,3-4H2,1-2H3/t9-;2*5-/m000/s1. The lowest BCUT2D eigenvalue weighted by atomic mass is 10.1. The minimum atomic E-state index is -0.152. The van der Waals surface area contributed by atoms with E-state index in [0.29, 0.717) is 42.0 Å². The van der Waals surface area contributed by atoms with Crippen LogP contribution < -0.4 is 5.73 Å². The molecular weight excluding hydrogens is 352 g/mol. The van der Waals surface area contributed by atoms with Gasteiger partial charge >= 0.3 is 0 Å². The number of benzene rings is 1. The molecule has 0 fully saturated rings. The molecular formula is C23H40N2O3. The van der Waals surface area contributed by atoms with Gasteiger partial charge in [0, 0.05) is 13.2 Å². The van der Waals surface area contributed by atoms with Gasteiger partial charge in [0.05, 0.1) is 11.1 Å². The van der Waals surface area contributed by atoms with Crippen LogP contribution in [0, 0.1) is 17.8 Å². The minimum absolute atomic E-state index is 0.152. The second kappa shape index (κ2) is 14.3. The first-order valence-corrected chi connectivity index (χ1v) is 10.5. The molecule has 1 aliphatic rings. The van der Waals surface area contributed by atoms with Crippen LogP contribution in [0.2, 0.25) is 0 Å². The average Bonchev–Trinajstić information content (AvgIpc) is 2.98. The zero-order valence-corrected chi connectivity index (χ0v) is 18.6. The number of fused-ring (bicyclic) bond motifs is 1. The summed E-state index contributed by atoms with van der Waals surface area (Å²) in [6, 6.07) is 7.01. The maximum Gasteiger partial charge on any atom is 0.261 e. The van der Waals surface area contributed by atoms with Crippen LogP contribution in [0.1, 0.15) is 81.5 Å². The van der Waals surface area contributed by atoms with Gasteiger partial charge in [0.15, 0.2) is 0 Å². The molecule has 5 nitrogen and oxygen atoms in total. The molecule has 0 saturated carbocycles. The fourth-order valence-electron chi connectivity index (χ4n) is 2.14. The van der Waals surface area contributed by atoms with Crippen LogP contribution in [0.25, 0.3) is 0 Å². The van der Waals surface area contributed by atoms with Crippen LogP contribution in [0.4, 0.5) is 0 Å². The number of imide groups is 1. The van der Waals surface area contributed by atoms with Gasteiger partial charge in [0.1, 0.15) is 0 Å². The molecule has 1 aromatic rings. The SMILES string of the molecule is CC[C@H](C)CN.CC[C@H](C)CN1C(=O)c2ccccc2C1=O.CC[C@H](C)CO. The molecule has 0 saturated heterocycles. The van der Waals surface area contributed by atoms with Gasteiger partial charge in [-0.05, 0) is 36.4 Å². The molecule has 1 aliphatic heterocycles. The first-order chi connectivity index (χ1) is 13.3. The van der Waals surface area contributed by atoms with Crippen molar-refractivity contribution >= 4 is 11.8 Å². The predicted octanol–water partition coefficient (Wildman–Crippen LogP) is 4.34. The molecule has 5 heteroatoms. The van der Waals surface area contributed by atoms with Crippen LogP contribution in [0.3, 0.4) is 0 Å². The van der Waals surface area contributed by atoms with E-state index in [9.17, 15) is 9.59 Å². The molecule has 2 amide bonds. The highest BCUT2D eigenvalue weighted by molar-refractivity contribution is 6.21. The fourth-order valence-corrected chi connectivity index (χ4v) is 2.14. The van der Waals surface area contributed by atoms with Crippen molar-refractivity contribution in [3.63, 3.8) is 0 Å². The summed E-state index contributed by atoms with van der Waals surface area (Å²) in [4.78, 5) is 25.3. The van der Waals surface area contributed by atoms with Gasteiger partial charge in [0.2, 0.25) is 0 Å². The minimum Gasteiger partial charge on any atom is -0.396 e. The van der Waals surface area contributed by atoms with Crippen molar-refractivity contribution in [3.05, 3.63) is 35.4 Å². The average molecular weight is 393 g/mol. The van der Waals surface area contributed by atoms with Crippen molar-refractivity contribution in [2.75, 3.05) is 19.7 Å². The lowest BCUT2D eigenvalue weighted by Gasteiger charge is -2.17. The van der Waals surface area contributed by atoms with Crippen LogP contribution in [0.5, 0.6) is 0 Å². The topological polar surface area (TPSA) is 83.6 Å². The summed E-state index contributed by atoms with van der Waals surface area (Å²) in [5.41, 5.74) is 6.36. The van der Waals surface area contributed by atoms with Gasteiger partial charge in [-0.1, -0.05) is 72.9 Å².